The first-order chi connectivity index (χ1) is 7.06. The van der Waals surface area contributed by atoms with Crippen LogP contribution >= 0.6 is 0 Å². The van der Waals surface area contributed by atoms with Gasteiger partial charge in [0, 0.05) is 0 Å². The lowest BCUT2D eigenvalue weighted by Crippen LogP contribution is -2.58. The van der Waals surface area contributed by atoms with E-state index in [-0.39, 0.29) is 6.10 Å². The third-order valence-corrected chi connectivity index (χ3v) is 5.62. The molecule has 5 fully saturated rings. The molecule has 3 atom stereocenters. The maximum Gasteiger partial charge on any atom is 0.400 e. The lowest BCUT2D eigenvalue weighted by atomic mass is 9.53. The molecule has 4 nitrogen and oxygen atoms in total. The highest BCUT2D eigenvalue weighted by Gasteiger charge is 2.65. The van der Waals surface area contributed by atoms with Crippen LogP contribution in [0.1, 0.15) is 32.1 Å². The van der Waals surface area contributed by atoms with Crippen LogP contribution in [0.2, 0.25) is 0 Å². The van der Waals surface area contributed by atoms with Gasteiger partial charge in [0.25, 0.3) is 0 Å². The van der Waals surface area contributed by atoms with Gasteiger partial charge in [0.1, 0.15) is 11.7 Å². The van der Waals surface area contributed by atoms with E-state index in [0.29, 0.717) is 17.8 Å². The van der Waals surface area contributed by atoms with Gasteiger partial charge in [-0.25, -0.2) is 8.37 Å². The Morgan fingerprint density at radius 2 is 1.73 bits per heavy atom. The topological polar surface area (TPSA) is 52.6 Å². The molecule has 4 aliphatic carbocycles. The molecule has 5 heteroatoms. The van der Waals surface area contributed by atoms with E-state index in [0.717, 1.165) is 25.7 Å². The van der Waals surface area contributed by atoms with Gasteiger partial charge in [-0.1, -0.05) is 0 Å². The van der Waals surface area contributed by atoms with E-state index >= 15 is 0 Å². The zero-order valence-electron chi connectivity index (χ0n) is 8.39. The highest BCUT2D eigenvalue weighted by atomic mass is 32.3. The summed E-state index contributed by atoms with van der Waals surface area (Å²) in [5, 5.41) is 0. The van der Waals surface area contributed by atoms with Crippen LogP contribution in [0, 0.1) is 17.8 Å². The third kappa shape index (κ3) is 1.06. The molecule has 0 aromatic heterocycles. The molecule has 1 spiro atoms. The fraction of sp³-hybridized carbons (Fsp3) is 1.00. The Balaban J connectivity index is 1.83. The van der Waals surface area contributed by atoms with Crippen LogP contribution in [0.4, 0.5) is 0 Å². The van der Waals surface area contributed by atoms with Gasteiger partial charge < -0.3 is 0 Å². The first kappa shape index (κ1) is 8.96. The lowest BCUT2D eigenvalue weighted by molar-refractivity contribution is -0.139. The summed E-state index contributed by atoms with van der Waals surface area (Å²) in [6.07, 6.45) is 5.17. The minimum Gasteiger partial charge on any atom is -0.241 e. The largest absolute Gasteiger partial charge is 0.400 e. The van der Waals surface area contributed by atoms with Gasteiger partial charge >= 0.3 is 10.4 Å². The van der Waals surface area contributed by atoms with E-state index in [1.807, 2.05) is 0 Å². The minimum absolute atomic E-state index is 0.171. The van der Waals surface area contributed by atoms with Crippen molar-refractivity contribution in [2.75, 3.05) is 0 Å². The molecule has 0 radical (unpaired) electrons. The van der Waals surface area contributed by atoms with Crippen molar-refractivity contribution in [1.82, 2.24) is 0 Å². The Labute approximate surface area is 89.3 Å². The zero-order chi connectivity index (χ0) is 10.3. The molecule has 1 heterocycles. The van der Waals surface area contributed by atoms with E-state index in [1.54, 1.807) is 0 Å². The first-order valence-electron chi connectivity index (χ1n) is 5.70. The fourth-order valence-electron chi connectivity index (χ4n) is 4.55. The first-order valence-corrected chi connectivity index (χ1v) is 7.03. The smallest absolute Gasteiger partial charge is 0.241 e. The van der Waals surface area contributed by atoms with Crippen LogP contribution in [0.15, 0.2) is 0 Å². The average molecular weight is 230 g/mol. The van der Waals surface area contributed by atoms with Gasteiger partial charge in [-0.2, -0.15) is 8.42 Å². The maximum absolute atomic E-state index is 11.4. The van der Waals surface area contributed by atoms with Gasteiger partial charge in [-0.3, -0.25) is 0 Å². The molecule has 15 heavy (non-hydrogen) atoms. The van der Waals surface area contributed by atoms with E-state index in [2.05, 4.69) is 0 Å². The Kier molecular flexibility index (Phi) is 1.44. The molecule has 5 rings (SSSR count). The summed E-state index contributed by atoms with van der Waals surface area (Å²) in [4.78, 5) is 0. The molecule has 0 aromatic carbocycles. The third-order valence-electron chi connectivity index (χ3n) is 4.64. The van der Waals surface area contributed by atoms with Gasteiger partial charge in [-0.15, -0.1) is 0 Å². The molecule has 1 aliphatic heterocycles. The standard InChI is InChI=1S/C10H14O4S/c11-15(12)13-9-8-2-6-1-7(3-8)5-10(9,4-6)14-15/h6-9H,1-5H2. The SMILES string of the molecule is O=S1(=O)OC2C3CC4CC(C3)CC2(C4)O1. The fourth-order valence-corrected chi connectivity index (χ4v) is 5.81. The normalized spacial score (nSPS) is 59.5. The summed E-state index contributed by atoms with van der Waals surface area (Å²) >= 11 is 0. The van der Waals surface area contributed by atoms with Crippen LogP contribution in [0.3, 0.4) is 0 Å². The van der Waals surface area contributed by atoms with Crippen molar-refractivity contribution in [2.45, 2.75) is 43.8 Å². The molecule has 3 unspecified atom stereocenters. The van der Waals surface area contributed by atoms with Crippen molar-refractivity contribution in [2.24, 2.45) is 17.8 Å². The van der Waals surface area contributed by atoms with Crippen molar-refractivity contribution in [3.63, 3.8) is 0 Å². The summed E-state index contributed by atoms with van der Waals surface area (Å²) in [5.41, 5.74) is -0.465. The molecule has 4 bridgehead atoms. The molecule has 84 valence electrons. The van der Waals surface area contributed by atoms with Crippen molar-refractivity contribution in [3.8, 4) is 0 Å². The molecule has 0 aromatic rings. The van der Waals surface area contributed by atoms with Crippen molar-refractivity contribution < 1.29 is 16.8 Å². The summed E-state index contributed by atoms with van der Waals surface area (Å²) in [6, 6.07) is 0. The Morgan fingerprint density at radius 3 is 2.40 bits per heavy atom. The summed E-state index contributed by atoms with van der Waals surface area (Å²) in [7, 11) is -3.70. The van der Waals surface area contributed by atoms with E-state index in [1.165, 1.54) is 6.42 Å². The number of hydrogen-bond acceptors (Lipinski definition) is 4. The second-order valence-corrected chi connectivity index (χ2v) is 6.86. The quantitative estimate of drug-likeness (QED) is 0.628. The van der Waals surface area contributed by atoms with Crippen molar-refractivity contribution in [1.29, 1.82) is 0 Å². The molecule has 0 amide bonds. The van der Waals surface area contributed by atoms with Gasteiger partial charge in [0.2, 0.25) is 0 Å². The predicted octanol–water partition coefficient (Wildman–Crippen LogP) is 1.23. The monoisotopic (exact) mass is 230 g/mol. The van der Waals surface area contributed by atoms with Crippen LogP contribution in [0.25, 0.3) is 0 Å². The molecule has 4 saturated carbocycles. The average Bonchev–Trinajstić information content (AvgIpc) is 2.34. The molecule has 5 aliphatic rings. The summed E-state index contributed by atoms with van der Waals surface area (Å²) < 4.78 is 33.2. The molecule has 0 N–H and O–H groups in total. The van der Waals surface area contributed by atoms with Crippen LogP contribution in [-0.4, -0.2) is 20.1 Å². The predicted molar refractivity (Wildman–Crippen MR) is 51.2 cm³/mol. The van der Waals surface area contributed by atoms with Crippen LogP contribution < -0.4 is 0 Å². The van der Waals surface area contributed by atoms with Crippen molar-refractivity contribution >= 4 is 10.4 Å². The summed E-state index contributed by atoms with van der Waals surface area (Å²) in [5.74, 6) is 1.78. The molecular formula is C10H14O4S. The minimum atomic E-state index is -3.70. The van der Waals surface area contributed by atoms with Gasteiger partial charge in [0.15, 0.2) is 0 Å². The van der Waals surface area contributed by atoms with E-state index < -0.39 is 16.0 Å². The lowest BCUT2D eigenvalue weighted by Gasteiger charge is -2.55. The molecule has 1 saturated heterocycles. The van der Waals surface area contributed by atoms with E-state index in [4.69, 9.17) is 8.37 Å². The Hall–Kier alpha value is -0.130. The zero-order valence-corrected chi connectivity index (χ0v) is 9.20. The number of rotatable bonds is 0. The second-order valence-electron chi connectivity index (χ2n) is 5.68. The molecular weight excluding hydrogens is 216 g/mol. The Bertz CT molecular complexity index is 401. The summed E-state index contributed by atoms with van der Waals surface area (Å²) in [6.45, 7) is 0. The van der Waals surface area contributed by atoms with Crippen molar-refractivity contribution in [3.05, 3.63) is 0 Å². The van der Waals surface area contributed by atoms with Crippen LogP contribution in [-0.2, 0) is 18.8 Å². The van der Waals surface area contributed by atoms with E-state index in [9.17, 15) is 8.42 Å². The number of hydrogen-bond donors (Lipinski definition) is 0. The Morgan fingerprint density at radius 1 is 1.07 bits per heavy atom. The maximum atomic E-state index is 11.4. The highest BCUT2D eigenvalue weighted by Crippen LogP contribution is 2.61. The van der Waals surface area contributed by atoms with Crippen LogP contribution in [0.5, 0.6) is 0 Å². The highest BCUT2D eigenvalue weighted by molar-refractivity contribution is 7.82. The second kappa shape index (κ2) is 2.41. The van der Waals surface area contributed by atoms with Gasteiger partial charge in [-0.05, 0) is 49.9 Å². The van der Waals surface area contributed by atoms with Gasteiger partial charge in [0.05, 0.1) is 0 Å².